The van der Waals surface area contributed by atoms with Crippen LogP contribution in [0.15, 0.2) is 48.7 Å². The van der Waals surface area contributed by atoms with Gasteiger partial charge in [0.1, 0.15) is 5.75 Å². The van der Waals surface area contributed by atoms with Crippen LogP contribution in [0.5, 0.6) is 5.75 Å². The van der Waals surface area contributed by atoms with E-state index in [4.69, 9.17) is 15.6 Å². The van der Waals surface area contributed by atoms with E-state index in [1.54, 1.807) is 12.3 Å². The Morgan fingerprint density at radius 3 is 2.78 bits per heavy atom. The second kappa shape index (κ2) is 6.14. The van der Waals surface area contributed by atoms with Gasteiger partial charge in [0.15, 0.2) is 6.10 Å². The van der Waals surface area contributed by atoms with Crippen LogP contribution in [-0.4, -0.2) is 16.6 Å². The number of hydrogen-bond acceptors (Lipinski definition) is 4. The Balaban J connectivity index is 2.15. The molecule has 0 fully saturated rings. The highest BCUT2D eigenvalue weighted by Gasteiger charge is 2.12. The third kappa shape index (κ3) is 3.06. The number of pyridine rings is 1. The van der Waals surface area contributed by atoms with Gasteiger partial charge < -0.3 is 15.6 Å². The van der Waals surface area contributed by atoms with Crippen molar-refractivity contribution in [1.29, 1.82) is 0 Å². The molecule has 1 aromatic heterocycles. The summed E-state index contributed by atoms with van der Waals surface area (Å²) < 4.78 is 5.79. The number of nitrogens with zero attached hydrogens (tertiary/aromatic N) is 1. The molecule has 1 unspecified atom stereocenters. The highest BCUT2D eigenvalue weighted by Crippen LogP contribution is 2.20. The van der Waals surface area contributed by atoms with E-state index < -0.39 is 0 Å². The van der Waals surface area contributed by atoms with Gasteiger partial charge >= 0.3 is 0 Å². The van der Waals surface area contributed by atoms with Gasteiger partial charge in [0.05, 0.1) is 12.3 Å². The van der Waals surface area contributed by atoms with E-state index in [2.05, 4.69) is 4.98 Å². The normalized spacial score (nSPS) is 12.1. The monoisotopic (exact) mass is 244 g/mol. The van der Waals surface area contributed by atoms with E-state index in [-0.39, 0.29) is 12.7 Å². The quantitative estimate of drug-likeness (QED) is 0.839. The minimum atomic E-state index is -0.278. The summed E-state index contributed by atoms with van der Waals surface area (Å²) in [6, 6.07) is 12.9. The fraction of sp³-hybridized carbons (Fsp3) is 0.214. The molecule has 4 nitrogen and oxygen atoms in total. The van der Waals surface area contributed by atoms with Crippen LogP contribution < -0.4 is 10.5 Å². The summed E-state index contributed by atoms with van der Waals surface area (Å²) in [5, 5.41) is 9.08. The van der Waals surface area contributed by atoms with Crippen LogP contribution >= 0.6 is 0 Å². The maximum atomic E-state index is 9.08. The van der Waals surface area contributed by atoms with Gasteiger partial charge in [-0.2, -0.15) is 0 Å². The molecule has 4 heteroatoms. The molecule has 0 spiro atoms. The Labute approximate surface area is 106 Å². The van der Waals surface area contributed by atoms with Gasteiger partial charge in [-0.15, -0.1) is 0 Å². The lowest BCUT2D eigenvalue weighted by Gasteiger charge is -2.17. The van der Waals surface area contributed by atoms with Crippen LogP contribution in [0.3, 0.4) is 0 Å². The third-order valence-corrected chi connectivity index (χ3v) is 2.59. The first-order chi connectivity index (χ1) is 8.83. The van der Waals surface area contributed by atoms with E-state index in [0.29, 0.717) is 12.3 Å². The molecule has 1 aromatic carbocycles. The van der Waals surface area contributed by atoms with Crippen molar-refractivity contribution in [3.05, 3.63) is 59.9 Å². The maximum absolute atomic E-state index is 9.08. The predicted octanol–water partition coefficient (Wildman–Crippen LogP) is 1.65. The molecular weight excluding hydrogens is 228 g/mol. The average molecular weight is 244 g/mol. The van der Waals surface area contributed by atoms with Gasteiger partial charge in [0.25, 0.3) is 0 Å². The van der Waals surface area contributed by atoms with Crippen molar-refractivity contribution in [2.45, 2.75) is 12.7 Å². The van der Waals surface area contributed by atoms with Crippen LogP contribution in [0.2, 0.25) is 0 Å². The Morgan fingerprint density at radius 2 is 2.11 bits per heavy atom. The highest BCUT2D eigenvalue weighted by molar-refractivity contribution is 5.28. The number of benzene rings is 1. The maximum Gasteiger partial charge on any atom is 0.153 e. The standard InChI is InChI=1S/C14H16N2O2/c15-9-14(13-6-1-2-7-16-13)18-12-5-3-4-11(8-12)10-17/h1-8,14,17H,9-10,15H2. The summed E-state index contributed by atoms with van der Waals surface area (Å²) in [7, 11) is 0. The molecule has 0 bridgehead atoms. The molecule has 0 aliphatic carbocycles. The molecule has 18 heavy (non-hydrogen) atoms. The lowest BCUT2D eigenvalue weighted by Crippen LogP contribution is -2.19. The van der Waals surface area contributed by atoms with Gasteiger partial charge in [0.2, 0.25) is 0 Å². The van der Waals surface area contributed by atoms with Crippen molar-refractivity contribution < 1.29 is 9.84 Å². The van der Waals surface area contributed by atoms with E-state index in [9.17, 15) is 0 Å². The van der Waals surface area contributed by atoms with Crippen molar-refractivity contribution in [2.75, 3.05) is 6.54 Å². The van der Waals surface area contributed by atoms with Gasteiger partial charge in [0, 0.05) is 12.7 Å². The molecule has 2 aromatic rings. The molecule has 0 saturated heterocycles. The lowest BCUT2D eigenvalue weighted by molar-refractivity contribution is 0.208. The zero-order valence-electron chi connectivity index (χ0n) is 9.99. The molecule has 1 heterocycles. The Kier molecular flexibility index (Phi) is 4.28. The first-order valence-corrected chi connectivity index (χ1v) is 5.81. The minimum absolute atomic E-state index is 0.00587. The molecule has 1 atom stereocenters. The Morgan fingerprint density at radius 1 is 1.22 bits per heavy atom. The van der Waals surface area contributed by atoms with Crippen molar-refractivity contribution in [3.63, 3.8) is 0 Å². The molecule has 0 aliphatic rings. The number of aliphatic hydroxyl groups is 1. The van der Waals surface area contributed by atoms with Gasteiger partial charge in [-0.3, -0.25) is 4.98 Å². The average Bonchev–Trinajstić information content (AvgIpc) is 2.46. The van der Waals surface area contributed by atoms with E-state index in [1.165, 1.54) is 0 Å². The first-order valence-electron chi connectivity index (χ1n) is 5.81. The fourth-order valence-electron chi connectivity index (χ4n) is 1.68. The van der Waals surface area contributed by atoms with Crippen LogP contribution in [0.1, 0.15) is 17.4 Å². The molecular formula is C14H16N2O2. The summed E-state index contributed by atoms with van der Waals surface area (Å²) in [5.74, 6) is 0.683. The largest absolute Gasteiger partial charge is 0.483 e. The summed E-state index contributed by atoms with van der Waals surface area (Å²) >= 11 is 0. The van der Waals surface area contributed by atoms with Crippen molar-refractivity contribution in [2.24, 2.45) is 5.73 Å². The van der Waals surface area contributed by atoms with Gasteiger partial charge in [-0.05, 0) is 29.8 Å². The van der Waals surface area contributed by atoms with E-state index in [1.807, 2.05) is 36.4 Å². The number of aliphatic hydroxyl groups excluding tert-OH is 1. The second-order valence-corrected chi connectivity index (χ2v) is 3.90. The Bertz CT molecular complexity index is 488. The lowest BCUT2D eigenvalue weighted by atomic mass is 10.2. The van der Waals surface area contributed by atoms with Crippen LogP contribution in [0.4, 0.5) is 0 Å². The predicted molar refractivity (Wildman–Crippen MR) is 69.0 cm³/mol. The topological polar surface area (TPSA) is 68.4 Å². The Hall–Kier alpha value is -1.91. The fourth-order valence-corrected chi connectivity index (χ4v) is 1.68. The number of ether oxygens (including phenoxy) is 1. The number of nitrogens with two attached hydrogens (primary N) is 1. The van der Waals surface area contributed by atoms with Gasteiger partial charge in [-0.1, -0.05) is 18.2 Å². The zero-order chi connectivity index (χ0) is 12.8. The molecule has 3 N–H and O–H groups in total. The number of aromatic nitrogens is 1. The van der Waals surface area contributed by atoms with Crippen molar-refractivity contribution >= 4 is 0 Å². The van der Waals surface area contributed by atoms with Crippen LogP contribution in [0.25, 0.3) is 0 Å². The van der Waals surface area contributed by atoms with E-state index >= 15 is 0 Å². The van der Waals surface area contributed by atoms with Crippen molar-refractivity contribution in [3.8, 4) is 5.75 Å². The molecule has 0 saturated carbocycles. The summed E-state index contributed by atoms with van der Waals surface area (Å²) in [4.78, 5) is 4.23. The van der Waals surface area contributed by atoms with Crippen molar-refractivity contribution in [1.82, 2.24) is 4.98 Å². The minimum Gasteiger partial charge on any atom is -0.483 e. The number of hydrogen-bond donors (Lipinski definition) is 2. The summed E-state index contributed by atoms with van der Waals surface area (Å²) in [5.41, 5.74) is 7.32. The zero-order valence-corrected chi connectivity index (χ0v) is 9.99. The highest BCUT2D eigenvalue weighted by atomic mass is 16.5. The molecule has 0 aliphatic heterocycles. The third-order valence-electron chi connectivity index (χ3n) is 2.59. The van der Waals surface area contributed by atoms with Crippen LogP contribution in [0, 0.1) is 0 Å². The molecule has 0 radical (unpaired) electrons. The summed E-state index contributed by atoms with van der Waals surface area (Å²) in [6.45, 7) is 0.342. The number of rotatable bonds is 5. The molecule has 0 amide bonds. The van der Waals surface area contributed by atoms with Crippen LogP contribution in [-0.2, 0) is 6.61 Å². The molecule has 2 rings (SSSR count). The van der Waals surface area contributed by atoms with Gasteiger partial charge in [-0.25, -0.2) is 0 Å². The SMILES string of the molecule is NCC(Oc1cccc(CO)c1)c1ccccn1. The summed E-state index contributed by atoms with van der Waals surface area (Å²) in [6.07, 6.45) is 1.44. The molecule has 94 valence electrons. The second-order valence-electron chi connectivity index (χ2n) is 3.90. The van der Waals surface area contributed by atoms with E-state index in [0.717, 1.165) is 11.3 Å². The first kappa shape index (κ1) is 12.5. The smallest absolute Gasteiger partial charge is 0.153 e.